The molecular formula is C10H15FO3. The molecule has 0 aromatic rings. The maximum atomic E-state index is 13.5. The molecule has 1 fully saturated rings. The average molecular weight is 202 g/mol. The van der Waals surface area contributed by atoms with Gasteiger partial charge in [-0.05, 0) is 6.08 Å². The molecule has 14 heavy (non-hydrogen) atoms. The van der Waals surface area contributed by atoms with Gasteiger partial charge >= 0.3 is 0 Å². The van der Waals surface area contributed by atoms with Gasteiger partial charge in [-0.25, -0.2) is 4.39 Å². The van der Waals surface area contributed by atoms with Crippen molar-refractivity contribution in [3.8, 4) is 0 Å². The summed E-state index contributed by atoms with van der Waals surface area (Å²) in [6.07, 6.45) is 2.29. The fourth-order valence-electron chi connectivity index (χ4n) is 2.09. The molecule has 1 atom stereocenters. The van der Waals surface area contributed by atoms with Crippen molar-refractivity contribution in [3.05, 3.63) is 11.9 Å². The third-order valence-electron chi connectivity index (χ3n) is 2.99. The lowest BCUT2D eigenvalue weighted by atomic mass is 9.77. The zero-order valence-electron chi connectivity index (χ0n) is 8.25. The van der Waals surface area contributed by atoms with Gasteiger partial charge in [-0.1, -0.05) is 6.92 Å². The number of hydrogen-bond acceptors (Lipinski definition) is 3. The van der Waals surface area contributed by atoms with E-state index in [-0.39, 0.29) is 12.4 Å². The molecule has 1 aliphatic carbocycles. The van der Waals surface area contributed by atoms with Crippen molar-refractivity contribution in [1.29, 1.82) is 0 Å². The van der Waals surface area contributed by atoms with Crippen molar-refractivity contribution in [1.82, 2.24) is 0 Å². The van der Waals surface area contributed by atoms with E-state index in [9.17, 15) is 9.50 Å². The van der Waals surface area contributed by atoms with E-state index in [0.717, 1.165) is 0 Å². The molecule has 4 heteroatoms. The zero-order chi connectivity index (χ0) is 10.2. The Morgan fingerprint density at radius 3 is 2.71 bits per heavy atom. The van der Waals surface area contributed by atoms with Gasteiger partial charge in [0.25, 0.3) is 0 Å². The van der Waals surface area contributed by atoms with Crippen LogP contribution in [0.2, 0.25) is 0 Å². The van der Waals surface area contributed by atoms with Crippen LogP contribution in [0.25, 0.3) is 0 Å². The monoisotopic (exact) mass is 202 g/mol. The van der Waals surface area contributed by atoms with Gasteiger partial charge in [0.1, 0.15) is 5.83 Å². The fraction of sp³-hybridized carbons (Fsp3) is 0.800. The highest BCUT2D eigenvalue weighted by molar-refractivity contribution is 5.13. The maximum Gasteiger partial charge on any atom is 0.173 e. The maximum absolute atomic E-state index is 13.5. The summed E-state index contributed by atoms with van der Waals surface area (Å²) in [5, 5.41) is 9.17. The van der Waals surface area contributed by atoms with Crippen LogP contribution >= 0.6 is 0 Å². The Kier molecular flexibility index (Phi) is 2.37. The summed E-state index contributed by atoms with van der Waals surface area (Å²) in [6, 6.07) is 0. The topological polar surface area (TPSA) is 38.7 Å². The molecule has 0 saturated carbocycles. The SMILES string of the molecule is CC1(CO)CC2(CC=C1F)OCCO2. The minimum atomic E-state index is -0.845. The van der Waals surface area contributed by atoms with E-state index in [1.54, 1.807) is 6.92 Å². The highest BCUT2D eigenvalue weighted by Crippen LogP contribution is 2.45. The molecule has 1 spiro atoms. The highest BCUT2D eigenvalue weighted by Gasteiger charge is 2.47. The van der Waals surface area contributed by atoms with Gasteiger partial charge in [0.05, 0.1) is 19.8 Å². The van der Waals surface area contributed by atoms with Crippen LogP contribution in [0.5, 0.6) is 0 Å². The van der Waals surface area contributed by atoms with Gasteiger partial charge < -0.3 is 14.6 Å². The fourth-order valence-corrected chi connectivity index (χ4v) is 2.09. The van der Waals surface area contributed by atoms with Gasteiger partial charge in [-0.15, -0.1) is 0 Å². The second-order valence-corrected chi connectivity index (χ2v) is 4.26. The predicted octanol–water partition coefficient (Wildman–Crippen LogP) is 1.38. The molecule has 0 bridgehead atoms. The minimum absolute atomic E-state index is 0.218. The van der Waals surface area contributed by atoms with Crippen molar-refractivity contribution in [2.45, 2.75) is 25.6 Å². The van der Waals surface area contributed by atoms with Gasteiger partial charge in [0, 0.05) is 18.3 Å². The first kappa shape index (κ1) is 10.1. The number of aliphatic hydroxyl groups is 1. The Morgan fingerprint density at radius 1 is 1.50 bits per heavy atom. The van der Waals surface area contributed by atoms with Crippen LogP contribution in [0.15, 0.2) is 11.9 Å². The van der Waals surface area contributed by atoms with Crippen molar-refractivity contribution >= 4 is 0 Å². The molecule has 2 rings (SSSR count). The lowest BCUT2D eigenvalue weighted by Crippen LogP contribution is -2.41. The largest absolute Gasteiger partial charge is 0.395 e. The van der Waals surface area contributed by atoms with Gasteiger partial charge in [0.15, 0.2) is 5.79 Å². The average Bonchev–Trinajstić information content (AvgIpc) is 2.61. The summed E-state index contributed by atoms with van der Waals surface area (Å²) in [5.74, 6) is -0.947. The second kappa shape index (κ2) is 3.29. The summed E-state index contributed by atoms with van der Waals surface area (Å²) < 4.78 is 24.4. The molecule has 0 radical (unpaired) electrons. The lowest BCUT2D eigenvalue weighted by molar-refractivity contribution is -0.184. The normalized spacial score (nSPS) is 36.1. The first-order valence-electron chi connectivity index (χ1n) is 4.85. The third-order valence-corrected chi connectivity index (χ3v) is 2.99. The Hall–Kier alpha value is -0.450. The summed E-state index contributed by atoms with van der Waals surface area (Å²) >= 11 is 0. The van der Waals surface area contributed by atoms with E-state index in [2.05, 4.69) is 0 Å². The van der Waals surface area contributed by atoms with Crippen LogP contribution in [0.3, 0.4) is 0 Å². The number of halogens is 1. The summed E-state index contributed by atoms with van der Waals surface area (Å²) in [7, 11) is 0. The summed E-state index contributed by atoms with van der Waals surface area (Å²) in [6.45, 7) is 2.57. The molecule has 2 aliphatic rings. The van der Waals surface area contributed by atoms with E-state index in [1.165, 1.54) is 6.08 Å². The number of rotatable bonds is 1. The van der Waals surface area contributed by atoms with Gasteiger partial charge in [-0.2, -0.15) is 0 Å². The number of ether oxygens (including phenoxy) is 2. The molecule has 1 unspecified atom stereocenters. The van der Waals surface area contributed by atoms with Gasteiger partial charge in [-0.3, -0.25) is 0 Å². The first-order valence-corrected chi connectivity index (χ1v) is 4.85. The first-order chi connectivity index (χ1) is 6.60. The lowest BCUT2D eigenvalue weighted by Gasteiger charge is -2.39. The quantitative estimate of drug-likeness (QED) is 0.698. The van der Waals surface area contributed by atoms with Crippen molar-refractivity contribution < 1.29 is 19.0 Å². The molecule has 3 nitrogen and oxygen atoms in total. The van der Waals surface area contributed by atoms with Gasteiger partial charge in [0.2, 0.25) is 0 Å². The van der Waals surface area contributed by atoms with E-state index < -0.39 is 11.2 Å². The molecular weight excluding hydrogens is 187 g/mol. The summed E-state index contributed by atoms with van der Waals surface area (Å²) in [4.78, 5) is 0. The molecule has 1 N–H and O–H groups in total. The number of aliphatic hydroxyl groups excluding tert-OH is 1. The predicted molar refractivity (Wildman–Crippen MR) is 48.3 cm³/mol. The third kappa shape index (κ3) is 1.47. The Labute approximate surface area is 82.5 Å². The van der Waals surface area contributed by atoms with Crippen LogP contribution in [-0.4, -0.2) is 30.7 Å². The van der Waals surface area contributed by atoms with Crippen LogP contribution in [0.1, 0.15) is 19.8 Å². The zero-order valence-corrected chi connectivity index (χ0v) is 8.25. The van der Waals surface area contributed by atoms with Crippen LogP contribution < -0.4 is 0 Å². The van der Waals surface area contributed by atoms with E-state index in [1.807, 2.05) is 0 Å². The Bertz CT molecular complexity index is 258. The van der Waals surface area contributed by atoms with Crippen LogP contribution in [0, 0.1) is 5.41 Å². The molecule has 0 aromatic heterocycles. The minimum Gasteiger partial charge on any atom is -0.395 e. The van der Waals surface area contributed by atoms with Crippen molar-refractivity contribution in [3.63, 3.8) is 0 Å². The molecule has 0 aromatic carbocycles. The van der Waals surface area contributed by atoms with E-state index in [0.29, 0.717) is 26.1 Å². The molecule has 1 saturated heterocycles. The van der Waals surface area contributed by atoms with Crippen LogP contribution in [0.4, 0.5) is 4.39 Å². The van der Waals surface area contributed by atoms with Crippen molar-refractivity contribution in [2.75, 3.05) is 19.8 Å². The number of hydrogen-bond donors (Lipinski definition) is 1. The van der Waals surface area contributed by atoms with E-state index >= 15 is 0 Å². The molecule has 0 amide bonds. The smallest absolute Gasteiger partial charge is 0.173 e. The Morgan fingerprint density at radius 2 is 2.14 bits per heavy atom. The standard InChI is InChI=1S/C10H15FO3/c1-9(7-12)6-10(3-2-8(9)11)13-4-5-14-10/h2,12H,3-7H2,1H3. The molecule has 1 aliphatic heterocycles. The highest BCUT2D eigenvalue weighted by atomic mass is 19.1. The van der Waals surface area contributed by atoms with E-state index in [4.69, 9.17) is 9.47 Å². The van der Waals surface area contributed by atoms with Crippen LogP contribution in [-0.2, 0) is 9.47 Å². The van der Waals surface area contributed by atoms with Crippen molar-refractivity contribution in [2.24, 2.45) is 5.41 Å². The second-order valence-electron chi connectivity index (χ2n) is 4.26. The Balaban J connectivity index is 2.22. The molecule has 1 heterocycles. The summed E-state index contributed by atoms with van der Waals surface area (Å²) in [5.41, 5.74) is -0.845. The molecule has 80 valence electrons.